The zero-order valence-electron chi connectivity index (χ0n) is 14.6. The highest BCUT2D eigenvalue weighted by Crippen LogP contribution is 2.21. The number of nitrogens with one attached hydrogen (secondary N) is 2. The predicted molar refractivity (Wildman–Crippen MR) is 97.7 cm³/mol. The van der Waals surface area contributed by atoms with Crippen LogP contribution in [-0.2, 0) is 16.0 Å². The number of carbonyl (C=O) groups is 2. The Hall–Kier alpha value is -3.15. The van der Waals surface area contributed by atoms with Crippen LogP contribution < -0.4 is 5.32 Å². The highest BCUT2D eigenvalue weighted by molar-refractivity contribution is 5.97. The first-order valence-electron chi connectivity index (χ1n) is 8.31. The lowest BCUT2D eigenvalue weighted by Crippen LogP contribution is -2.15. The van der Waals surface area contributed by atoms with Crippen LogP contribution in [-0.4, -0.2) is 23.5 Å². The van der Waals surface area contributed by atoms with Crippen LogP contribution >= 0.6 is 0 Å². The zero-order valence-corrected chi connectivity index (χ0v) is 14.6. The number of benzene rings is 2. The number of aromatic nitrogens is 1. The third-order valence-corrected chi connectivity index (χ3v) is 4.09. The molecule has 0 saturated heterocycles. The van der Waals surface area contributed by atoms with Crippen molar-refractivity contribution in [1.29, 1.82) is 0 Å². The average Bonchev–Trinajstić information content (AvgIpc) is 2.98. The van der Waals surface area contributed by atoms with Gasteiger partial charge in [-0.3, -0.25) is 4.79 Å². The fourth-order valence-electron chi connectivity index (χ4n) is 2.82. The number of anilines is 1. The van der Waals surface area contributed by atoms with Gasteiger partial charge < -0.3 is 15.0 Å². The molecule has 6 heteroatoms. The molecular weight excluding hydrogens is 335 g/mol. The molecule has 1 heterocycles. The number of halogens is 1. The number of fused-ring (bicyclic) bond motifs is 1. The molecule has 5 nitrogen and oxygen atoms in total. The SMILES string of the molecule is CCOC(=O)c1ccc(NC(=O)Cc2c[nH]c3cc(F)ccc23)c(C)c1. The van der Waals surface area contributed by atoms with Crippen molar-refractivity contribution < 1.29 is 18.7 Å². The summed E-state index contributed by atoms with van der Waals surface area (Å²) in [6, 6.07) is 9.41. The van der Waals surface area contributed by atoms with Crippen molar-refractivity contribution in [3.8, 4) is 0 Å². The van der Waals surface area contributed by atoms with E-state index in [1.165, 1.54) is 12.1 Å². The Labute approximate surface area is 150 Å². The van der Waals surface area contributed by atoms with E-state index in [2.05, 4.69) is 10.3 Å². The van der Waals surface area contributed by atoms with Crippen molar-refractivity contribution in [3.05, 3.63) is 65.1 Å². The molecule has 0 bridgehead atoms. The fraction of sp³-hybridized carbons (Fsp3) is 0.200. The molecule has 0 atom stereocenters. The van der Waals surface area contributed by atoms with Crippen LogP contribution in [0.15, 0.2) is 42.6 Å². The monoisotopic (exact) mass is 354 g/mol. The van der Waals surface area contributed by atoms with Gasteiger partial charge in [-0.1, -0.05) is 0 Å². The lowest BCUT2D eigenvalue weighted by Gasteiger charge is -2.10. The number of amides is 1. The average molecular weight is 354 g/mol. The summed E-state index contributed by atoms with van der Waals surface area (Å²) in [6.45, 7) is 3.87. The molecule has 0 fully saturated rings. The van der Waals surface area contributed by atoms with Crippen LogP contribution in [0.3, 0.4) is 0 Å². The van der Waals surface area contributed by atoms with E-state index in [4.69, 9.17) is 4.74 Å². The molecule has 0 unspecified atom stereocenters. The van der Waals surface area contributed by atoms with Gasteiger partial charge in [0.1, 0.15) is 5.82 Å². The highest BCUT2D eigenvalue weighted by Gasteiger charge is 2.12. The van der Waals surface area contributed by atoms with E-state index in [1.54, 1.807) is 37.4 Å². The van der Waals surface area contributed by atoms with Crippen molar-refractivity contribution in [2.75, 3.05) is 11.9 Å². The molecule has 0 spiro atoms. The largest absolute Gasteiger partial charge is 0.462 e. The Morgan fingerprint density at radius 3 is 2.73 bits per heavy atom. The molecule has 3 aromatic rings. The van der Waals surface area contributed by atoms with Gasteiger partial charge in [-0.05, 0) is 61.4 Å². The number of rotatable bonds is 5. The smallest absolute Gasteiger partial charge is 0.338 e. The summed E-state index contributed by atoms with van der Waals surface area (Å²) in [5, 5.41) is 3.66. The number of aryl methyl sites for hydroxylation is 1. The molecule has 2 N–H and O–H groups in total. The van der Waals surface area contributed by atoms with E-state index in [-0.39, 0.29) is 24.1 Å². The predicted octanol–water partition coefficient (Wildman–Crippen LogP) is 3.97. The normalized spacial score (nSPS) is 10.7. The van der Waals surface area contributed by atoms with Gasteiger partial charge in [-0.2, -0.15) is 0 Å². The first kappa shape index (κ1) is 17.7. The second kappa shape index (κ2) is 7.39. The summed E-state index contributed by atoms with van der Waals surface area (Å²) in [5.41, 5.74) is 3.29. The van der Waals surface area contributed by atoms with Crippen molar-refractivity contribution in [2.45, 2.75) is 20.3 Å². The van der Waals surface area contributed by atoms with Crippen LogP contribution in [0.4, 0.5) is 10.1 Å². The van der Waals surface area contributed by atoms with Gasteiger partial charge in [0, 0.05) is 22.8 Å². The summed E-state index contributed by atoms with van der Waals surface area (Å²) >= 11 is 0. The third kappa shape index (κ3) is 3.74. The van der Waals surface area contributed by atoms with Crippen LogP contribution in [0.1, 0.15) is 28.4 Å². The molecule has 134 valence electrons. The second-order valence-electron chi connectivity index (χ2n) is 5.98. The van der Waals surface area contributed by atoms with Gasteiger partial charge in [-0.25, -0.2) is 9.18 Å². The lowest BCUT2D eigenvalue weighted by molar-refractivity contribution is -0.115. The number of H-pyrrole nitrogens is 1. The zero-order chi connectivity index (χ0) is 18.7. The molecule has 0 aliphatic rings. The Morgan fingerprint density at radius 1 is 1.19 bits per heavy atom. The standard InChI is InChI=1S/C20H19FN2O3/c1-3-26-20(25)13-4-7-17(12(2)8-13)23-19(24)9-14-11-22-18-10-15(21)5-6-16(14)18/h4-8,10-11,22H,3,9H2,1-2H3,(H,23,24). The number of aromatic amines is 1. The maximum absolute atomic E-state index is 13.2. The minimum Gasteiger partial charge on any atom is -0.462 e. The molecule has 26 heavy (non-hydrogen) atoms. The molecule has 0 aliphatic carbocycles. The highest BCUT2D eigenvalue weighted by atomic mass is 19.1. The van der Waals surface area contributed by atoms with E-state index in [1.807, 2.05) is 6.92 Å². The van der Waals surface area contributed by atoms with Crippen molar-refractivity contribution in [3.63, 3.8) is 0 Å². The van der Waals surface area contributed by atoms with Crippen LogP contribution in [0.2, 0.25) is 0 Å². The minimum absolute atomic E-state index is 0.157. The fourth-order valence-corrected chi connectivity index (χ4v) is 2.82. The summed E-state index contributed by atoms with van der Waals surface area (Å²) < 4.78 is 18.2. The molecule has 0 saturated carbocycles. The number of esters is 1. The lowest BCUT2D eigenvalue weighted by atomic mass is 10.1. The maximum atomic E-state index is 13.2. The van der Waals surface area contributed by atoms with Gasteiger partial charge in [0.15, 0.2) is 0 Å². The van der Waals surface area contributed by atoms with Gasteiger partial charge in [0.05, 0.1) is 18.6 Å². The van der Waals surface area contributed by atoms with Crippen molar-refractivity contribution in [1.82, 2.24) is 4.98 Å². The Bertz CT molecular complexity index is 978. The molecule has 1 amide bonds. The van der Waals surface area contributed by atoms with Crippen LogP contribution in [0, 0.1) is 12.7 Å². The summed E-state index contributed by atoms with van der Waals surface area (Å²) in [4.78, 5) is 27.1. The molecule has 0 radical (unpaired) electrons. The number of hydrogen-bond acceptors (Lipinski definition) is 3. The van der Waals surface area contributed by atoms with Gasteiger partial charge in [0.2, 0.25) is 5.91 Å². The van der Waals surface area contributed by atoms with Gasteiger partial charge in [-0.15, -0.1) is 0 Å². The van der Waals surface area contributed by atoms with E-state index >= 15 is 0 Å². The van der Waals surface area contributed by atoms with E-state index in [0.717, 1.165) is 16.5 Å². The van der Waals surface area contributed by atoms with E-state index in [9.17, 15) is 14.0 Å². The van der Waals surface area contributed by atoms with Gasteiger partial charge in [0.25, 0.3) is 0 Å². The van der Waals surface area contributed by atoms with Crippen LogP contribution in [0.5, 0.6) is 0 Å². The van der Waals surface area contributed by atoms with E-state index < -0.39 is 0 Å². The third-order valence-electron chi connectivity index (χ3n) is 4.09. The number of ether oxygens (including phenoxy) is 1. The van der Waals surface area contributed by atoms with Crippen LogP contribution in [0.25, 0.3) is 10.9 Å². The summed E-state index contributed by atoms with van der Waals surface area (Å²) in [7, 11) is 0. The summed E-state index contributed by atoms with van der Waals surface area (Å²) in [6.07, 6.45) is 1.87. The number of hydrogen-bond donors (Lipinski definition) is 2. The van der Waals surface area contributed by atoms with Crippen molar-refractivity contribution in [2.24, 2.45) is 0 Å². The number of carbonyl (C=O) groups excluding carboxylic acids is 2. The molecular formula is C20H19FN2O3. The minimum atomic E-state index is -0.389. The van der Waals surface area contributed by atoms with Crippen molar-refractivity contribution >= 4 is 28.5 Å². The first-order chi connectivity index (χ1) is 12.5. The Kier molecular flexibility index (Phi) is 5.02. The summed E-state index contributed by atoms with van der Waals surface area (Å²) in [5.74, 6) is -0.908. The Balaban J connectivity index is 1.72. The maximum Gasteiger partial charge on any atom is 0.338 e. The molecule has 2 aromatic carbocycles. The second-order valence-corrected chi connectivity index (χ2v) is 5.98. The van der Waals surface area contributed by atoms with Gasteiger partial charge >= 0.3 is 5.97 Å². The Morgan fingerprint density at radius 2 is 2.00 bits per heavy atom. The first-order valence-corrected chi connectivity index (χ1v) is 8.31. The molecule has 1 aromatic heterocycles. The van der Waals surface area contributed by atoms with E-state index in [0.29, 0.717) is 23.4 Å². The molecule has 0 aliphatic heterocycles. The topological polar surface area (TPSA) is 71.2 Å². The molecule has 3 rings (SSSR count). The quantitative estimate of drug-likeness (QED) is 0.681.